The largest absolute Gasteiger partial charge is 0.494 e. The van der Waals surface area contributed by atoms with Crippen LogP contribution in [0.25, 0.3) is 11.1 Å². The minimum Gasteiger partial charge on any atom is -0.494 e. The third-order valence-corrected chi connectivity index (χ3v) is 7.07. The topological polar surface area (TPSA) is 44.8 Å². The molecular weight excluding hydrogens is 541 g/mol. The average Bonchev–Trinajstić information content (AvgIpc) is 2.99. The van der Waals surface area contributed by atoms with E-state index in [1.807, 2.05) is 43.3 Å². The Balaban J connectivity index is 1.48. The molecule has 0 fully saturated rings. The van der Waals surface area contributed by atoms with Gasteiger partial charge in [-0.05, 0) is 78.9 Å². The fraction of sp³-hybridized carbons (Fsp3) is 0.457. The minimum atomic E-state index is -4.45. The lowest BCUT2D eigenvalue weighted by Gasteiger charge is -2.22. The summed E-state index contributed by atoms with van der Waals surface area (Å²) in [6.07, 6.45) is 3.96. The summed E-state index contributed by atoms with van der Waals surface area (Å²) in [5.74, 6) is 0.581. The summed E-state index contributed by atoms with van der Waals surface area (Å²) in [6, 6.07) is 20.6. The second-order valence-corrected chi connectivity index (χ2v) is 10.6. The molecule has 0 heterocycles. The van der Waals surface area contributed by atoms with Gasteiger partial charge in [0, 0.05) is 0 Å². The maximum Gasteiger partial charge on any atom is 0.425 e. The van der Waals surface area contributed by atoms with Crippen LogP contribution in [0.5, 0.6) is 17.2 Å². The SMILES string of the molecule is CCCCCCCCOc1ccc(-c2ccc(C(=O)Oc3ccc(OC(CCCCCC)C(F)(F)F)cc3)cc2)cc1. The molecule has 3 aromatic carbocycles. The van der Waals surface area contributed by atoms with E-state index in [1.54, 1.807) is 12.1 Å². The van der Waals surface area contributed by atoms with Gasteiger partial charge in [0.05, 0.1) is 12.2 Å². The molecule has 0 saturated carbocycles. The molecule has 3 rings (SSSR count). The van der Waals surface area contributed by atoms with E-state index in [9.17, 15) is 18.0 Å². The molecule has 42 heavy (non-hydrogen) atoms. The molecule has 0 spiro atoms. The summed E-state index contributed by atoms with van der Waals surface area (Å²) in [5, 5.41) is 0. The molecule has 0 N–H and O–H groups in total. The van der Waals surface area contributed by atoms with Crippen LogP contribution in [0.15, 0.2) is 72.8 Å². The van der Waals surface area contributed by atoms with Gasteiger partial charge in [0.1, 0.15) is 17.2 Å². The van der Waals surface area contributed by atoms with Crippen LogP contribution >= 0.6 is 0 Å². The van der Waals surface area contributed by atoms with Crippen molar-refractivity contribution in [3.8, 4) is 28.4 Å². The fourth-order valence-corrected chi connectivity index (χ4v) is 4.58. The molecule has 0 bridgehead atoms. The molecule has 228 valence electrons. The summed E-state index contributed by atoms with van der Waals surface area (Å²) in [6.45, 7) is 4.94. The number of hydrogen-bond acceptors (Lipinski definition) is 4. The van der Waals surface area contributed by atoms with Crippen LogP contribution in [-0.4, -0.2) is 24.9 Å². The van der Waals surface area contributed by atoms with E-state index in [2.05, 4.69) is 6.92 Å². The van der Waals surface area contributed by atoms with Gasteiger partial charge in [-0.2, -0.15) is 13.2 Å². The molecule has 0 aliphatic carbocycles. The number of ether oxygens (including phenoxy) is 3. The number of carbonyl (C=O) groups excluding carboxylic acids is 1. The smallest absolute Gasteiger partial charge is 0.425 e. The molecule has 0 radical (unpaired) electrons. The lowest BCUT2D eigenvalue weighted by Crippen LogP contribution is -2.34. The van der Waals surface area contributed by atoms with Crippen LogP contribution in [0.1, 0.15) is 94.8 Å². The summed E-state index contributed by atoms with van der Waals surface area (Å²) in [7, 11) is 0. The van der Waals surface area contributed by atoms with Crippen LogP contribution in [0.4, 0.5) is 13.2 Å². The number of rotatable bonds is 18. The molecule has 4 nitrogen and oxygen atoms in total. The number of benzene rings is 3. The number of unbranched alkanes of at least 4 members (excludes halogenated alkanes) is 8. The average molecular weight is 585 g/mol. The maximum atomic E-state index is 13.4. The van der Waals surface area contributed by atoms with Gasteiger partial charge in [-0.3, -0.25) is 0 Å². The molecule has 7 heteroatoms. The number of alkyl halides is 3. The molecule has 1 atom stereocenters. The Morgan fingerprint density at radius 1 is 0.643 bits per heavy atom. The second-order valence-electron chi connectivity index (χ2n) is 10.6. The van der Waals surface area contributed by atoms with Crippen molar-refractivity contribution in [2.75, 3.05) is 6.61 Å². The summed E-state index contributed by atoms with van der Waals surface area (Å²) >= 11 is 0. The lowest BCUT2D eigenvalue weighted by atomic mass is 10.0. The first-order valence-corrected chi connectivity index (χ1v) is 15.2. The molecule has 0 saturated heterocycles. The van der Waals surface area contributed by atoms with Gasteiger partial charge in [0.2, 0.25) is 0 Å². The van der Waals surface area contributed by atoms with Crippen LogP contribution in [0.3, 0.4) is 0 Å². The zero-order valence-electron chi connectivity index (χ0n) is 24.8. The summed E-state index contributed by atoms with van der Waals surface area (Å²) < 4.78 is 56.7. The van der Waals surface area contributed by atoms with Gasteiger partial charge in [0.25, 0.3) is 0 Å². The first kappa shape index (κ1) is 33.0. The Labute approximate surface area is 248 Å². The summed E-state index contributed by atoms with van der Waals surface area (Å²) in [5.41, 5.74) is 2.31. The van der Waals surface area contributed by atoms with Crippen LogP contribution in [0.2, 0.25) is 0 Å². The predicted molar refractivity (Wildman–Crippen MR) is 161 cm³/mol. The van der Waals surface area contributed by atoms with Crippen molar-refractivity contribution in [3.63, 3.8) is 0 Å². The first-order chi connectivity index (χ1) is 20.3. The Kier molecular flexibility index (Phi) is 13.7. The highest BCUT2D eigenvalue weighted by Crippen LogP contribution is 2.30. The van der Waals surface area contributed by atoms with Gasteiger partial charge in [-0.25, -0.2) is 4.79 Å². The molecule has 1 unspecified atom stereocenters. The fourth-order valence-electron chi connectivity index (χ4n) is 4.58. The van der Waals surface area contributed by atoms with E-state index in [1.165, 1.54) is 56.4 Å². The van der Waals surface area contributed by atoms with Crippen molar-refractivity contribution in [2.45, 2.75) is 96.8 Å². The Morgan fingerprint density at radius 3 is 1.74 bits per heavy atom. The molecule has 0 amide bonds. The normalized spacial score (nSPS) is 12.1. The standard InChI is InChI=1S/C35H43F3O4/c1-3-5-7-9-10-12-26-40-30-20-18-28(19-21-30)27-14-16-29(17-15-27)34(39)42-32-24-22-31(23-25-32)41-33(35(36,37)38)13-11-8-6-4-2/h14-25,33H,3-13,26H2,1-2H3. The van der Waals surface area contributed by atoms with Gasteiger partial charge in [-0.15, -0.1) is 0 Å². The summed E-state index contributed by atoms with van der Waals surface area (Å²) in [4.78, 5) is 12.7. The maximum absolute atomic E-state index is 13.4. The van der Waals surface area contributed by atoms with Crippen molar-refractivity contribution in [1.82, 2.24) is 0 Å². The minimum absolute atomic E-state index is 0.0794. The highest BCUT2D eigenvalue weighted by molar-refractivity contribution is 5.91. The van der Waals surface area contributed by atoms with Gasteiger partial charge in [0.15, 0.2) is 6.10 Å². The second kappa shape index (κ2) is 17.5. The van der Waals surface area contributed by atoms with Gasteiger partial charge < -0.3 is 14.2 Å². The van der Waals surface area contributed by atoms with Crippen LogP contribution in [0, 0.1) is 0 Å². The van der Waals surface area contributed by atoms with Crippen molar-refractivity contribution in [1.29, 1.82) is 0 Å². The van der Waals surface area contributed by atoms with Crippen LogP contribution in [-0.2, 0) is 0 Å². The number of hydrogen-bond donors (Lipinski definition) is 0. The lowest BCUT2D eigenvalue weighted by molar-refractivity contribution is -0.197. The molecular formula is C35H43F3O4. The Morgan fingerprint density at radius 2 is 1.14 bits per heavy atom. The van der Waals surface area contributed by atoms with E-state index in [-0.39, 0.29) is 17.9 Å². The number of carbonyl (C=O) groups is 1. The van der Waals surface area contributed by atoms with Crippen molar-refractivity contribution in [3.05, 3.63) is 78.4 Å². The molecule has 0 aliphatic rings. The Hall–Kier alpha value is -3.48. The number of halogens is 3. The molecule has 0 aromatic heterocycles. The predicted octanol–water partition coefficient (Wildman–Crippen LogP) is 10.6. The van der Waals surface area contributed by atoms with Crippen molar-refractivity contribution >= 4 is 5.97 Å². The molecule has 0 aliphatic heterocycles. The Bertz CT molecular complexity index is 1170. The third kappa shape index (κ3) is 11.4. The highest BCUT2D eigenvalue weighted by Gasteiger charge is 2.41. The van der Waals surface area contributed by atoms with Crippen molar-refractivity contribution in [2.24, 2.45) is 0 Å². The molecule has 3 aromatic rings. The monoisotopic (exact) mass is 584 g/mol. The first-order valence-electron chi connectivity index (χ1n) is 15.2. The highest BCUT2D eigenvalue weighted by atomic mass is 19.4. The van der Waals surface area contributed by atoms with Gasteiger partial charge in [-0.1, -0.05) is 89.5 Å². The zero-order valence-corrected chi connectivity index (χ0v) is 24.8. The van der Waals surface area contributed by atoms with Crippen molar-refractivity contribution < 1.29 is 32.2 Å². The van der Waals surface area contributed by atoms with E-state index in [0.717, 1.165) is 42.6 Å². The zero-order chi connectivity index (χ0) is 30.2. The number of esters is 1. The quantitative estimate of drug-likeness (QED) is 0.0848. The third-order valence-electron chi connectivity index (χ3n) is 7.07. The van der Waals surface area contributed by atoms with Crippen LogP contribution < -0.4 is 14.2 Å². The van der Waals surface area contributed by atoms with E-state index < -0.39 is 18.2 Å². The van der Waals surface area contributed by atoms with E-state index in [0.29, 0.717) is 18.6 Å². The van der Waals surface area contributed by atoms with Gasteiger partial charge >= 0.3 is 12.1 Å². The van der Waals surface area contributed by atoms with E-state index in [4.69, 9.17) is 14.2 Å². The van der Waals surface area contributed by atoms with E-state index >= 15 is 0 Å².